The van der Waals surface area contributed by atoms with Gasteiger partial charge in [0, 0.05) is 18.4 Å². The average molecular weight is 186 g/mol. The molecule has 0 N–H and O–H groups in total. The van der Waals surface area contributed by atoms with E-state index in [9.17, 15) is 0 Å². The van der Waals surface area contributed by atoms with Crippen molar-refractivity contribution in [3.8, 4) is 0 Å². The fraction of sp³-hybridized carbons (Fsp3) is 1.00. The predicted octanol–water partition coefficient (Wildman–Crippen LogP) is 2.96. The number of ether oxygens (including phenoxy) is 2. The Morgan fingerprint density at radius 1 is 1.46 bits per heavy atom. The zero-order valence-electron chi connectivity index (χ0n) is 9.52. The second-order valence-corrected chi connectivity index (χ2v) is 4.90. The van der Waals surface area contributed by atoms with E-state index in [-0.39, 0.29) is 11.2 Å². The molecular formula is C11H22O2. The van der Waals surface area contributed by atoms with Gasteiger partial charge in [0.2, 0.25) is 0 Å². The van der Waals surface area contributed by atoms with Gasteiger partial charge >= 0.3 is 0 Å². The van der Waals surface area contributed by atoms with Gasteiger partial charge in [-0.05, 0) is 20.3 Å². The molecule has 0 amide bonds. The molecule has 0 radical (unpaired) electrons. The highest BCUT2D eigenvalue weighted by Gasteiger charge is 2.48. The van der Waals surface area contributed by atoms with Gasteiger partial charge in [-0.25, -0.2) is 0 Å². The summed E-state index contributed by atoms with van der Waals surface area (Å²) in [7, 11) is 0. The molecule has 1 aliphatic heterocycles. The average Bonchev–Trinajstić information content (AvgIpc) is 2.32. The third-order valence-corrected chi connectivity index (χ3v) is 2.79. The van der Waals surface area contributed by atoms with E-state index >= 15 is 0 Å². The second-order valence-electron chi connectivity index (χ2n) is 4.90. The largest absolute Gasteiger partial charge is 0.350 e. The van der Waals surface area contributed by atoms with Crippen molar-refractivity contribution in [3.05, 3.63) is 0 Å². The molecule has 0 aromatic heterocycles. The van der Waals surface area contributed by atoms with Crippen LogP contribution in [0.2, 0.25) is 0 Å². The van der Waals surface area contributed by atoms with Crippen LogP contribution in [0.4, 0.5) is 0 Å². The molecule has 1 rings (SSSR count). The topological polar surface area (TPSA) is 18.5 Å². The third-order valence-electron chi connectivity index (χ3n) is 2.79. The standard InChI is InChI=1S/C11H22O2/c1-6-12-11(10(3,4)5)8-7-9(2)13-11/h9H,6-8H2,1-5H3. The third kappa shape index (κ3) is 2.05. The Balaban J connectivity index is 2.77. The molecule has 2 atom stereocenters. The van der Waals surface area contributed by atoms with Crippen LogP contribution >= 0.6 is 0 Å². The van der Waals surface area contributed by atoms with Gasteiger partial charge in [0.15, 0.2) is 5.79 Å². The maximum Gasteiger partial charge on any atom is 0.173 e. The minimum absolute atomic E-state index is 0.0633. The van der Waals surface area contributed by atoms with Crippen LogP contribution in [0.5, 0.6) is 0 Å². The molecule has 0 bridgehead atoms. The fourth-order valence-electron chi connectivity index (χ4n) is 1.94. The highest BCUT2D eigenvalue weighted by molar-refractivity contribution is 4.89. The molecule has 0 saturated carbocycles. The predicted molar refractivity (Wildman–Crippen MR) is 53.6 cm³/mol. The zero-order chi connectivity index (χ0) is 10.1. The van der Waals surface area contributed by atoms with Gasteiger partial charge in [0.1, 0.15) is 0 Å². The van der Waals surface area contributed by atoms with Gasteiger partial charge in [-0.1, -0.05) is 20.8 Å². The monoisotopic (exact) mass is 186 g/mol. The Kier molecular flexibility index (Phi) is 3.03. The van der Waals surface area contributed by atoms with E-state index < -0.39 is 0 Å². The van der Waals surface area contributed by atoms with Gasteiger partial charge < -0.3 is 9.47 Å². The van der Waals surface area contributed by atoms with Crippen molar-refractivity contribution in [2.45, 2.75) is 59.4 Å². The van der Waals surface area contributed by atoms with Crippen molar-refractivity contribution >= 4 is 0 Å². The van der Waals surface area contributed by atoms with E-state index in [1.807, 2.05) is 6.92 Å². The SMILES string of the molecule is CCOC1(C(C)(C)C)CCC(C)O1. The summed E-state index contributed by atoms with van der Waals surface area (Å²) in [4.78, 5) is 0. The lowest BCUT2D eigenvalue weighted by atomic mass is 9.83. The maximum atomic E-state index is 5.93. The molecule has 0 aliphatic carbocycles. The normalized spacial score (nSPS) is 35.3. The van der Waals surface area contributed by atoms with Gasteiger partial charge in [0.25, 0.3) is 0 Å². The van der Waals surface area contributed by atoms with Crippen molar-refractivity contribution < 1.29 is 9.47 Å². The molecule has 78 valence electrons. The molecule has 1 aliphatic rings. The van der Waals surface area contributed by atoms with Crippen LogP contribution < -0.4 is 0 Å². The van der Waals surface area contributed by atoms with Crippen LogP contribution in [-0.4, -0.2) is 18.5 Å². The van der Waals surface area contributed by atoms with Gasteiger partial charge in [-0.2, -0.15) is 0 Å². The van der Waals surface area contributed by atoms with Crippen molar-refractivity contribution in [2.24, 2.45) is 5.41 Å². The molecule has 2 unspecified atom stereocenters. The highest BCUT2D eigenvalue weighted by Crippen LogP contribution is 2.44. The number of hydrogen-bond donors (Lipinski definition) is 0. The van der Waals surface area contributed by atoms with Gasteiger partial charge in [-0.3, -0.25) is 0 Å². The smallest absolute Gasteiger partial charge is 0.173 e. The van der Waals surface area contributed by atoms with Gasteiger partial charge in [-0.15, -0.1) is 0 Å². The molecule has 0 aromatic rings. The molecule has 2 nitrogen and oxygen atoms in total. The van der Waals surface area contributed by atoms with E-state index in [2.05, 4.69) is 27.7 Å². The van der Waals surface area contributed by atoms with E-state index in [1.54, 1.807) is 0 Å². The summed E-state index contributed by atoms with van der Waals surface area (Å²) >= 11 is 0. The second kappa shape index (κ2) is 3.58. The van der Waals surface area contributed by atoms with E-state index in [4.69, 9.17) is 9.47 Å². The lowest BCUT2D eigenvalue weighted by Crippen LogP contribution is -2.45. The summed E-state index contributed by atoms with van der Waals surface area (Å²) < 4.78 is 11.7. The van der Waals surface area contributed by atoms with E-state index in [0.29, 0.717) is 6.10 Å². The number of rotatable bonds is 2. The van der Waals surface area contributed by atoms with Crippen molar-refractivity contribution in [2.75, 3.05) is 6.61 Å². The molecule has 13 heavy (non-hydrogen) atoms. The maximum absolute atomic E-state index is 5.93. The minimum atomic E-state index is -0.346. The van der Waals surface area contributed by atoms with Crippen LogP contribution in [0.25, 0.3) is 0 Å². The van der Waals surface area contributed by atoms with Crippen molar-refractivity contribution in [1.29, 1.82) is 0 Å². The zero-order valence-corrected chi connectivity index (χ0v) is 9.52. The molecule has 1 saturated heterocycles. The first-order chi connectivity index (χ1) is 5.91. The first-order valence-corrected chi connectivity index (χ1v) is 5.23. The van der Waals surface area contributed by atoms with Crippen LogP contribution in [0, 0.1) is 5.41 Å². The Hall–Kier alpha value is -0.0800. The lowest BCUT2D eigenvalue weighted by molar-refractivity contribution is -0.274. The summed E-state index contributed by atoms with van der Waals surface area (Å²) in [5.41, 5.74) is 0.0633. The Bertz CT molecular complexity index is 167. The summed E-state index contributed by atoms with van der Waals surface area (Å²) in [5.74, 6) is -0.346. The molecule has 0 spiro atoms. The Morgan fingerprint density at radius 3 is 2.38 bits per heavy atom. The summed E-state index contributed by atoms with van der Waals surface area (Å²) in [6.45, 7) is 11.4. The molecule has 1 heterocycles. The lowest BCUT2D eigenvalue weighted by Gasteiger charge is -2.40. The Morgan fingerprint density at radius 2 is 2.08 bits per heavy atom. The first-order valence-electron chi connectivity index (χ1n) is 5.23. The quantitative estimate of drug-likeness (QED) is 0.660. The summed E-state index contributed by atoms with van der Waals surface area (Å²) in [5, 5.41) is 0. The van der Waals surface area contributed by atoms with E-state index in [0.717, 1.165) is 19.4 Å². The first kappa shape index (κ1) is 11.0. The molecule has 2 heteroatoms. The van der Waals surface area contributed by atoms with Crippen molar-refractivity contribution in [3.63, 3.8) is 0 Å². The summed E-state index contributed by atoms with van der Waals surface area (Å²) in [6, 6.07) is 0. The van der Waals surface area contributed by atoms with Crippen LogP contribution in [0.15, 0.2) is 0 Å². The molecular weight excluding hydrogens is 164 g/mol. The highest BCUT2D eigenvalue weighted by atomic mass is 16.7. The van der Waals surface area contributed by atoms with Crippen LogP contribution in [0.3, 0.4) is 0 Å². The Labute approximate surface area is 81.6 Å². The van der Waals surface area contributed by atoms with E-state index in [1.165, 1.54) is 0 Å². The minimum Gasteiger partial charge on any atom is -0.350 e. The fourth-order valence-corrected chi connectivity index (χ4v) is 1.94. The van der Waals surface area contributed by atoms with Crippen LogP contribution in [0.1, 0.15) is 47.5 Å². The van der Waals surface area contributed by atoms with Gasteiger partial charge in [0.05, 0.1) is 6.10 Å². The number of hydrogen-bond acceptors (Lipinski definition) is 2. The summed E-state index contributed by atoms with van der Waals surface area (Å²) in [6.07, 6.45) is 2.47. The molecule has 0 aromatic carbocycles. The van der Waals surface area contributed by atoms with Crippen LogP contribution in [-0.2, 0) is 9.47 Å². The molecule has 1 fully saturated rings. The van der Waals surface area contributed by atoms with Crippen molar-refractivity contribution in [1.82, 2.24) is 0 Å².